The van der Waals surface area contributed by atoms with Crippen LogP contribution >= 0.6 is 0 Å². The van der Waals surface area contributed by atoms with Crippen LogP contribution in [0, 0.1) is 6.07 Å². The van der Waals surface area contributed by atoms with Crippen molar-refractivity contribution < 1.29 is 19.8 Å². The number of hydrogen-bond donors (Lipinski definition) is 0. The van der Waals surface area contributed by atoms with Crippen molar-refractivity contribution in [3.05, 3.63) is 60.7 Å². The van der Waals surface area contributed by atoms with Crippen molar-refractivity contribution in [2.45, 2.75) is 0 Å². The summed E-state index contributed by atoms with van der Waals surface area (Å²) in [7, 11) is 0. The van der Waals surface area contributed by atoms with Gasteiger partial charge < -0.3 is 0 Å². The fourth-order valence-electron chi connectivity index (χ4n) is 1.67. The Labute approximate surface area is 113 Å². The molecule has 17 heavy (non-hydrogen) atoms. The minimum atomic E-state index is 0. The number of hydrogen-bond acceptors (Lipinski definition) is 2. The summed E-state index contributed by atoms with van der Waals surface area (Å²) in [6.07, 6.45) is 0. The monoisotopic (exact) mass is 397 g/mol. The SMILES string of the molecule is [Os+].[c-]1ccccc1-c1cc2ccccc2nn1. The molecule has 0 fully saturated rings. The van der Waals surface area contributed by atoms with E-state index >= 15 is 0 Å². The summed E-state index contributed by atoms with van der Waals surface area (Å²) < 4.78 is 0. The Kier molecular flexibility index (Phi) is 3.61. The first-order chi connectivity index (χ1) is 7.93. The second-order valence-corrected chi connectivity index (χ2v) is 3.56. The van der Waals surface area contributed by atoms with Crippen LogP contribution in [0.5, 0.6) is 0 Å². The van der Waals surface area contributed by atoms with E-state index in [0.717, 1.165) is 22.2 Å². The molecule has 83 valence electrons. The molecule has 1 radical (unpaired) electrons. The largest absolute Gasteiger partial charge is 1.00 e. The Morgan fingerprint density at radius 2 is 1.71 bits per heavy atom. The molecule has 0 saturated heterocycles. The minimum absolute atomic E-state index is 0. The summed E-state index contributed by atoms with van der Waals surface area (Å²) in [6.45, 7) is 0. The molecule has 0 atom stereocenters. The van der Waals surface area contributed by atoms with Crippen LogP contribution in [0.25, 0.3) is 22.2 Å². The van der Waals surface area contributed by atoms with Gasteiger partial charge in [-0.15, -0.1) is 35.9 Å². The predicted octanol–water partition coefficient (Wildman–Crippen LogP) is 3.09. The topological polar surface area (TPSA) is 25.8 Å². The molecule has 1 aromatic heterocycles. The Bertz CT molecular complexity index is 623. The fourth-order valence-corrected chi connectivity index (χ4v) is 1.67. The molecule has 0 aliphatic carbocycles. The molecule has 2 nitrogen and oxygen atoms in total. The molecule has 0 aliphatic heterocycles. The van der Waals surface area contributed by atoms with Crippen molar-refractivity contribution >= 4 is 10.9 Å². The van der Waals surface area contributed by atoms with E-state index in [1.54, 1.807) is 0 Å². The molecule has 0 spiro atoms. The van der Waals surface area contributed by atoms with Gasteiger partial charge in [-0.3, -0.25) is 0 Å². The second kappa shape index (κ2) is 5.16. The van der Waals surface area contributed by atoms with Crippen molar-refractivity contribution in [2.24, 2.45) is 0 Å². The van der Waals surface area contributed by atoms with Gasteiger partial charge in [-0.25, -0.2) is 5.10 Å². The van der Waals surface area contributed by atoms with E-state index < -0.39 is 0 Å². The first kappa shape index (κ1) is 11.9. The van der Waals surface area contributed by atoms with Crippen molar-refractivity contribution in [1.82, 2.24) is 10.2 Å². The summed E-state index contributed by atoms with van der Waals surface area (Å²) >= 11 is 0. The molecule has 0 N–H and O–H groups in total. The van der Waals surface area contributed by atoms with Crippen molar-refractivity contribution in [3.8, 4) is 11.3 Å². The third-order valence-corrected chi connectivity index (χ3v) is 2.48. The third kappa shape index (κ3) is 2.40. The van der Waals surface area contributed by atoms with Gasteiger partial charge in [0.2, 0.25) is 0 Å². The van der Waals surface area contributed by atoms with E-state index in [1.807, 2.05) is 54.6 Å². The molecular weight excluding hydrogens is 386 g/mol. The summed E-state index contributed by atoms with van der Waals surface area (Å²) in [6, 6.07) is 20.9. The zero-order valence-electron chi connectivity index (χ0n) is 8.94. The first-order valence-corrected chi connectivity index (χ1v) is 5.13. The number of rotatable bonds is 1. The van der Waals surface area contributed by atoms with Crippen molar-refractivity contribution in [2.75, 3.05) is 0 Å². The number of fused-ring (bicyclic) bond motifs is 1. The number of aromatic nitrogens is 2. The molecule has 0 saturated carbocycles. The van der Waals surface area contributed by atoms with E-state index in [2.05, 4.69) is 16.3 Å². The molecule has 1 heterocycles. The van der Waals surface area contributed by atoms with Gasteiger partial charge in [0, 0.05) is 5.69 Å². The normalized spacial score (nSPS) is 9.88. The van der Waals surface area contributed by atoms with Crippen LogP contribution in [-0.2, 0) is 19.8 Å². The van der Waals surface area contributed by atoms with Crippen molar-refractivity contribution in [3.63, 3.8) is 0 Å². The average molecular weight is 395 g/mol. The van der Waals surface area contributed by atoms with Crippen LogP contribution in [0.15, 0.2) is 54.6 Å². The Morgan fingerprint density at radius 1 is 0.882 bits per heavy atom. The van der Waals surface area contributed by atoms with Crippen LogP contribution in [0.4, 0.5) is 0 Å². The molecule has 2 aromatic carbocycles. The van der Waals surface area contributed by atoms with Crippen LogP contribution in [-0.4, -0.2) is 10.2 Å². The molecular formula is C14H9N2Os. The van der Waals surface area contributed by atoms with Gasteiger partial charge in [-0.2, -0.15) is 5.10 Å². The second-order valence-electron chi connectivity index (χ2n) is 3.56. The maximum atomic E-state index is 4.20. The van der Waals surface area contributed by atoms with E-state index in [-0.39, 0.29) is 19.8 Å². The zero-order chi connectivity index (χ0) is 10.8. The quantitative estimate of drug-likeness (QED) is 0.592. The van der Waals surface area contributed by atoms with Gasteiger partial charge in [0.15, 0.2) is 0 Å². The maximum absolute atomic E-state index is 4.20. The Balaban J connectivity index is 0.00000108. The van der Waals surface area contributed by atoms with Crippen LogP contribution in [0.1, 0.15) is 0 Å². The van der Waals surface area contributed by atoms with Crippen LogP contribution in [0.2, 0.25) is 0 Å². The Morgan fingerprint density at radius 3 is 2.53 bits per heavy atom. The smallest absolute Gasteiger partial charge is 0.200 e. The zero-order valence-corrected chi connectivity index (χ0v) is 11.5. The average Bonchev–Trinajstić information content (AvgIpc) is 2.39. The summed E-state index contributed by atoms with van der Waals surface area (Å²) in [5, 5.41) is 9.49. The van der Waals surface area contributed by atoms with E-state index in [0.29, 0.717) is 0 Å². The van der Waals surface area contributed by atoms with Crippen LogP contribution in [0.3, 0.4) is 0 Å². The van der Waals surface area contributed by atoms with E-state index in [9.17, 15) is 0 Å². The third-order valence-electron chi connectivity index (χ3n) is 2.48. The molecule has 0 bridgehead atoms. The summed E-state index contributed by atoms with van der Waals surface area (Å²) in [5.74, 6) is 0. The number of nitrogens with zero attached hydrogens (tertiary/aromatic N) is 2. The molecule has 0 unspecified atom stereocenters. The van der Waals surface area contributed by atoms with Crippen molar-refractivity contribution in [1.29, 1.82) is 0 Å². The van der Waals surface area contributed by atoms with E-state index in [1.165, 1.54) is 0 Å². The summed E-state index contributed by atoms with van der Waals surface area (Å²) in [4.78, 5) is 0. The van der Waals surface area contributed by atoms with Gasteiger partial charge in [-0.1, -0.05) is 24.3 Å². The predicted molar refractivity (Wildman–Crippen MR) is 63.8 cm³/mol. The fraction of sp³-hybridized carbons (Fsp3) is 0. The van der Waals surface area contributed by atoms with E-state index in [4.69, 9.17) is 0 Å². The minimum Gasteiger partial charge on any atom is -0.200 e. The van der Waals surface area contributed by atoms with Gasteiger partial charge in [0.1, 0.15) is 0 Å². The molecule has 0 aliphatic rings. The molecule has 3 rings (SSSR count). The molecule has 0 amide bonds. The standard InChI is InChI=1S/C14H9N2.Os/c1-2-6-11(7-3-1)14-10-12-8-4-5-9-13(12)15-16-14;/h1-6,8-10H;/q-1;+1. The Hall–Kier alpha value is -1.58. The van der Waals surface area contributed by atoms with Gasteiger partial charge in [0.25, 0.3) is 0 Å². The summed E-state index contributed by atoms with van der Waals surface area (Å²) in [5.41, 5.74) is 2.75. The van der Waals surface area contributed by atoms with Gasteiger partial charge in [-0.05, 0) is 11.5 Å². The first-order valence-electron chi connectivity index (χ1n) is 5.13. The van der Waals surface area contributed by atoms with Gasteiger partial charge in [0.05, 0.1) is 5.52 Å². The number of benzene rings is 2. The van der Waals surface area contributed by atoms with Crippen LogP contribution < -0.4 is 0 Å². The maximum Gasteiger partial charge on any atom is 1.00 e. The molecule has 3 aromatic rings. The van der Waals surface area contributed by atoms with Gasteiger partial charge >= 0.3 is 19.8 Å². The molecule has 3 heteroatoms.